The fourth-order valence-corrected chi connectivity index (χ4v) is 2.66. The van der Waals surface area contributed by atoms with E-state index in [4.69, 9.17) is 14.2 Å². The van der Waals surface area contributed by atoms with Crippen molar-refractivity contribution < 1.29 is 23.8 Å². The lowest BCUT2D eigenvalue weighted by molar-refractivity contribution is -0.170. The predicted octanol–water partition coefficient (Wildman–Crippen LogP) is 3.94. The van der Waals surface area contributed by atoms with Crippen molar-refractivity contribution in [2.24, 2.45) is 5.41 Å². The molecule has 0 N–H and O–H groups in total. The number of esters is 2. The summed E-state index contributed by atoms with van der Waals surface area (Å²) >= 11 is 0. The fraction of sp³-hybridized carbons (Fsp3) is 0.364. The molecule has 5 nitrogen and oxygen atoms in total. The Morgan fingerprint density at radius 3 is 1.89 bits per heavy atom. The molecule has 0 bridgehead atoms. The molecule has 0 aliphatic carbocycles. The Bertz CT molecular complexity index is 719. The SMILES string of the molecule is CCOC(=O)C(C)(Cc1ccc(OCc2ccccc2)cc1)C(=O)OCC. The molecule has 5 heteroatoms. The van der Waals surface area contributed by atoms with Crippen molar-refractivity contribution in [2.45, 2.75) is 33.8 Å². The molecule has 2 aromatic carbocycles. The summed E-state index contributed by atoms with van der Waals surface area (Å²) in [6.07, 6.45) is 0.198. The quantitative estimate of drug-likeness (QED) is 0.494. The molecule has 27 heavy (non-hydrogen) atoms. The van der Waals surface area contributed by atoms with Crippen LogP contribution < -0.4 is 4.74 Å². The highest BCUT2D eigenvalue weighted by Gasteiger charge is 2.44. The van der Waals surface area contributed by atoms with Crippen LogP contribution in [0.2, 0.25) is 0 Å². The van der Waals surface area contributed by atoms with E-state index in [1.807, 2.05) is 54.6 Å². The summed E-state index contributed by atoms with van der Waals surface area (Å²) < 4.78 is 16.0. The van der Waals surface area contributed by atoms with Gasteiger partial charge in [-0.3, -0.25) is 9.59 Å². The van der Waals surface area contributed by atoms with Crippen LogP contribution in [0.1, 0.15) is 31.9 Å². The van der Waals surface area contributed by atoms with Gasteiger partial charge < -0.3 is 14.2 Å². The smallest absolute Gasteiger partial charge is 0.323 e. The van der Waals surface area contributed by atoms with Crippen molar-refractivity contribution in [3.8, 4) is 5.75 Å². The van der Waals surface area contributed by atoms with Gasteiger partial charge in [0.15, 0.2) is 5.41 Å². The number of rotatable bonds is 9. The van der Waals surface area contributed by atoms with Gasteiger partial charge in [0.2, 0.25) is 0 Å². The number of hydrogen-bond donors (Lipinski definition) is 0. The summed E-state index contributed by atoms with van der Waals surface area (Å²) in [5, 5.41) is 0. The van der Waals surface area contributed by atoms with Crippen LogP contribution >= 0.6 is 0 Å². The summed E-state index contributed by atoms with van der Waals surface area (Å²) in [4.78, 5) is 24.7. The first kappa shape index (κ1) is 20.5. The summed E-state index contributed by atoms with van der Waals surface area (Å²) in [5.41, 5.74) is 0.530. The maximum absolute atomic E-state index is 12.4. The molecule has 0 saturated carbocycles. The van der Waals surface area contributed by atoms with E-state index in [-0.39, 0.29) is 19.6 Å². The monoisotopic (exact) mass is 370 g/mol. The molecule has 0 spiro atoms. The van der Waals surface area contributed by atoms with Crippen molar-refractivity contribution in [1.82, 2.24) is 0 Å². The van der Waals surface area contributed by atoms with E-state index in [0.29, 0.717) is 6.61 Å². The topological polar surface area (TPSA) is 61.8 Å². The minimum absolute atomic E-state index is 0.198. The molecule has 0 unspecified atom stereocenters. The van der Waals surface area contributed by atoms with Crippen LogP contribution in [-0.2, 0) is 32.1 Å². The predicted molar refractivity (Wildman–Crippen MR) is 102 cm³/mol. The molecule has 2 aromatic rings. The van der Waals surface area contributed by atoms with E-state index in [9.17, 15) is 9.59 Å². The van der Waals surface area contributed by atoms with Gasteiger partial charge in [-0.2, -0.15) is 0 Å². The summed E-state index contributed by atoms with van der Waals surface area (Å²) in [5.74, 6) is -0.433. The van der Waals surface area contributed by atoms with Crippen LogP contribution in [-0.4, -0.2) is 25.2 Å². The van der Waals surface area contributed by atoms with E-state index in [1.165, 1.54) is 0 Å². The fourth-order valence-electron chi connectivity index (χ4n) is 2.66. The molecule has 0 amide bonds. The zero-order chi connectivity index (χ0) is 19.7. The maximum Gasteiger partial charge on any atom is 0.323 e. The molecule has 0 saturated heterocycles. The van der Waals surface area contributed by atoms with Gasteiger partial charge >= 0.3 is 11.9 Å². The van der Waals surface area contributed by atoms with Gasteiger partial charge in [0.25, 0.3) is 0 Å². The molecule has 0 radical (unpaired) electrons. The van der Waals surface area contributed by atoms with E-state index < -0.39 is 17.4 Å². The zero-order valence-electron chi connectivity index (χ0n) is 16.1. The van der Waals surface area contributed by atoms with E-state index in [2.05, 4.69) is 0 Å². The van der Waals surface area contributed by atoms with Gasteiger partial charge in [-0.25, -0.2) is 0 Å². The molecule has 0 fully saturated rings. The lowest BCUT2D eigenvalue weighted by atomic mass is 9.83. The third kappa shape index (κ3) is 5.58. The van der Waals surface area contributed by atoms with Gasteiger partial charge in [-0.1, -0.05) is 42.5 Å². The average molecular weight is 370 g/mol. The molecule has 0 heterocycles. The van der Waals surface area contributed by atoms with Crippen LogP contribution in [0.5, 0.6) is 5.75 Å². The number of ether oxygens (including phenoxy) is 3. The number of carbonyl (C=O) groups is 2. The minimum Gasteiger partial charge on any atom is -0.489 e. The number of carbonyl (C=O) groups excluding carboxylic acids is 2. The number of benzene rings is 2. The first-order valence-corrected chi connectivity index (χ1v) is 9.09. The Hall–Kier alpha value is -2.82. The van der Waals surface area contributed by atoms with Crippen molar-refractivity contribution in [3.05, 3.63) is 65.7 Å². The second-order valence-electron chi connectivity index (χ2n) is 6.37. The van der Waals surface area contributed by atoms with Gasteiger partial charge in [0, 0.05) is 0 Å². The summed E-state index contributed by atoms with van der Waals surface area (Å²) in [7, 11) is 0. The van der Waals surface area contributed by atoms with Crippen LogP contribution in [0, 0.1) is 5.41 Å². The first-order valence-electron chi connectivity index (χ1n) is 9.09. The van der Waals surface area contributed by atoms with Crippen molar-refractivity contribution in [2.75, 3.05) is 13.2 Å². The van der Waals surface area contributed by atoms with Crippen LogP contribution in [0.15, 0.2) is 54.6 Å². The Balaban J connectivity index is 2.07. The normalized spacial score (nSPS) is 10.9. The highest BCUT2D eigenvalue weighted by Crippen LogP contribution is 2.28. The highest BCUT2D eigenvalue weighted by atomic mass is 16.6. The first-order chi connectivity index (χ1) is 13.0. The van der Waals surface area contributed by atoms with Gasteiger partial charge in [-0.15, -0.1) is 0 Å². The van der Waals surface area contributed by atoms with Gasteiger partial charge in [-0.05, 0) is 50.5 Å². The van der Waals surface area contributed by atoms with E-state index in [1.54, 1.807) is 20.8 Å². The Kier molecular flexibility index (Phi) is 7.41. The maximum atomic E-state index is 12.4. The minimum atomic E-state index is -1.38. The van der Waals surface area contributed by atoms with Crippen LogP contribution in [0.25, 0.3) is 0 Å². The Morgan fingerprint density at radius 1 is 0.815 bits per heavy atom. The number of hydrogen-bond acceptors (Lipinski definition) is 5. The summed E-state index contributed by atoms with van der Waals surface area (Å²) in [6.45, 7) is 5.87. The lowest BCUT2D eigenvalue weighted by Crippen LogP contribution is -2.41. The molecular formula is C22H26O5. The second kappa shape index (κ2) is 9.76. The molecule has 0 aromatic heterocycles. The summed E-state index contributed by atoms with van der Waals surface area (Å²) in [6, 6.07) is 17.2. The Morgan fingerprint density at radius 2 is 1.37 bits per heavy atom. The molecule has 144 valence electrons. The highest BCUT2D eigenvalue weighted by molar-refractivity contribution is 5.99. The lowest BCUT2D eigenvalue weighted by Gasteiger charge is -2.25. The van der Waals surface area contributed by atoms with Crippen molar-refractivity contribution in [3.63, 3.8) is 0 Å². The molecule has 0 aliphatic heterocycles. The van der Waals surface area contributed by atoms with E-state index >= 15 is 0 Å². The molecule has 0 atom stereocenters. The molecular weight excluding hydrogens is 344 g/mol. The molecule has 0 aliphatic rings. The second-order valence-corrected chi connectivity index (χ2v) is 6.37. The van der Waals surface area contributed by atoms with E-state index in [0.717, 1.165) is 16.9 Å². The van der Waals surface area contributed by atoms with Crippen LogP contribution in [0.4, 0.5) is 0 Å². The standard InChI is InChI=1S/C22H26O5/c1-4-25-20(23)22(3,21(24)26-5-2)15-17-11-13-19(14-12-17)27-16-18-9-7-6-8-10-18/h6-14H,4-5,15-16H2,1-3H3. The third-order valence-corrected chi connectivity index (χ3v) is 4.18. The van der Waals surface area contributed by atoms with Crippen LogP contribution in [0.3, 0.4) is 0 Å². The zero-order valence-corrected chi connectivity index (χ0v) is 16.1. The van der Waals surface area contributed by atoms with Gasteiger partial charge in [0.05, 0.1) is 13.2 Å². The van der Waals surface area contributed by atoms with Crippen molar-refractivity contribution in [1.29, 1.82) is 0 Å². The van der Waals surface area contributed by atoms with Crippen molar-refractivity contribution >= 4 is 11.9 Å². The van der Waals surface area contributed by atoms with Gasteiger partial charge in [0.1, 0.15) is 12.4 Å². The Labute approximate surface area is 160 Å². The third-order valence-electron chi connectivity index (χ3n) is 4.18. The average Bonchev–Trinajstić information content (AvgIpc) is 2.68. The molecule has 2 rings (SSSR count). The largest absolute Gasteiger partial charge is 0.489 e.